The summed E-state index contributed by atoms with van der Waals surface area (Å²) in [7, 11) is -8.85. The number of carbonyl (C=O) groups is 1. The highest BCUT2D eigenvalue weighted by molar-refractivity contribution is 7.93. The van der Waals surface area contributed by atoms with Crippen molar-refractivity contribution < 1.29 is 26.4 Å². The van der Waals surface area contributed by atoms with Gasteiger partial charge in [0.2, 0.25) is 21.7 Å². The second-order valence-corrected chi connectivity index (χ2v) is 11.4. The number of nitrogens with one attached hydrogen (secondary N) is 2. The highest BCUT2D eigenvalue weighted by Gasteiger charge is 2.33. The first-order valence-electron chi connectivity index (χ1n) is 10.5. The summed E-state index contributed by atoms with van der Waals surface area (Å²) in [6.07, 6.45) is 0. The molecule has 6 N–H and O–H groups in total. The second kappa shape index (κ2) is 9.38. The maximum Gasteiger partial charge on any atom is 0.374 e. The zero-order valence-corrected chi connectivity index (χ0v) is 20.7. The van der Waals surface area contributed by atoms with E-state index in [1.54, 1.807) is 25.1 Å². The van der Waals surface area contributed by atoms with Crippen LogP contribution >= 0.6 is 0 Å². The number of para-hydroxylation sites is 1. The smallest absolute Gasteiger partial charge is 0.374 e. The molecule has 4 rings (SSSR count). The number of aromatic amines is 2. The number of sulfonamides is 1. The monoisotopic (exact) mass is 534 g/mol. The summed E-state index contributed by atoms with van der Waals surface area (Å²) in [5.41, 5.74) is 6.76. The van der Waals surface area contributed by atoms with Crippen molar-refractivity contribution in [2.45, 2.75) is 29.7 Å². The minimum absolute atomic E-state index is 0.0665. The molecule has 0 saturated heterocycles. The van der Waals surface area contributed by atoms with Crippen LogP contribution in [0.5, 0.6) is 0 Å². The summed E-state index contributed by atoms with van der Waals surface area (Å²) in [6.45, 7) is 3.26. The van der Waals surface area contributed by atoms with E-state index in [1.807, 2.05) is 0 Å². The van der Waals surface area contributed by atoms with Gasteiger partial charge in [-0.05, 0) is 36.8 Å². The fraction of sp³-hybridized carbons (Fsp3) is 0.250. The first-order chi connectivity index (χ1) is 16.9. The number of hydrogen-bond donors (Lipinski definition) is 4. The topological polar surface area (TPSA) is 230 Å². The number of nitrogens with two attached hydrogens (primary N) is 2. The van der Waals surface area contributed by atoms with Crippen LogP contribution in [-0.4, -0.2) is 71.8 Å². The Morgan fingerprint density at radius 2 is 1.89 bits per heavy atom. The van der Waals surface area contributed by atoms with Gasteiger partial charge in [-0.3, -0.25) is 0 Å². The highest BCUT2D eigenvalue weighted by atomic mass is 32.2. The molecule has 14 nitrogen and oxygen atoms in total. The van der Waals surface area contributed by atoms with Crippen LogP contribution < -0.4 is 10.9 Å². The van der Waals surface area contributed by atoms with E-state index in [1.165, 1.54) is 13.0 Å². The van der Waals surface area contributed by atoms with E-state index < -0.39 is 47.4 Å². The molecule has 0 aliphatic rings. The van der Waals surface area contributed by atoms with Gasteiger partial charge in [-0.15, -0.1) is 10.2 Å². The first kappa shape index (κ1) is 25.4. The lowest BCUT2D eigenvalue weighted by molar-refractivity contribution is 0.0513. The molecule has 0 saturated carbocycles. The van der Waals surface area contributed by atoms with Crippen molar-refractivity contribution in [2.75, 3.05) is 12.4 Å². The van der Waals surface area contributed by atoms with Gasteiger partial charge in [-0.25, -0.2) is 31.8 Å². The predicted octanol–water partition coefficient (Wildman–Crippen LogP) is 0.355. The van der Waals surface area contributed by atoms with E-state index in [0.717, 1.165) is 6.07 Å². The van der Waals surface area contributed by atoms with Crippen molar-refractivity contribution in [3.05, 3.63) is 36.2 Å². The third-order valence-electron chi connectivity index (χ3n) is 5.06. The number of hydrogen-bond acceptors (Lipinski definition) is 11. The molecule has 36 heavy (non-hydrogen) atoms. The van der Waals surface area contributed by atoms with Crippen molar-refractivity contribution in [3.8, 4) is 22.5 Å². The number of fused-ring (bicyclic) bond motifs is 1. The summed E-state index contributed by atoms with van der Waals surface area (Å²) in [6, 6.07) is 6.65. The van der Waals surface area contributed by atoms with Gasteiger partial charge in [0.05, 0.1) is 33.9 Å². The van der Waals surface area contributed by atoms with Crippen LogP contribution in [0, 0.1) is 0 Å². The summed E-state index contributed by atoms with van der Waals surface area (Å²) in [5.74, 6) is -1.49. The van der Waals surface area contributed by atoms with Crippen molar-refractivity contribution in [2.24, 2.45) is 10.9 Å². The van der Waals surface area contributed by atoms with Gasteiger partial charge in [0.15, 0.2) is 9.84 Å². The molecule has 0 aliphatic heterocycles. The van der Waals surface area contributed by atoms with E-state index >= 15 is 0 Å². The van der Waals surface area contributed by atoms with E-state index in [4.69, 9.17) is 15.6 Å². The standard InChI is InChI=1S/C20H22N8O6S2/c1-3-34-20(29)19-23-13-6-4-5-12(16(13)24-19)11-7-8-14(35(30,31)9-10(2)21)17(36(22,32)33)15(11)18-25-27-28-26-18/h4-8,10H,3,9,21H2,1-2H3,(H,23,24)(H2,22,32,33)(H,25,26,27,28)/t10-/m1/s1. The van der Waals surface area contributed by atoms with E-state index in [2.05, 4.69) is 30.6 Å². The Balaban J connectivity index is 2.09. The van der Waals surface area contributed by atoms with Crippen molar-refractivity contribution in [3.63, 3.8) is 0 Å². The summed E-state index contributed by atoms with van der Waals surface area (Å²) >= 11 is 0. The second-order valence-electron chi connectivity index (χ2n) is 7.86. The zero-order valence-electron chi connectivity index (χ0n) is 19.1. The molecule has 4 aromatic rings. The summed E-state index contributed by atoms with van der Waals surface area (Å²) in [5, 5.41) is 19.0. The van der Waals surface area contributed by atoms with Crippen LogP contribution in [0.4, 0.5) is 0 Å². The molecule has 0 radical (unpaired) electrons. The van der Waals surface area contributed by atoms with E-state index in [9.17, 15) is 21.6 Å². The van der Waals surface area contributed by atoms with Gasteiger partial charge in [-0.1, -0.05) is 18.2 Å². The van der Waals surface area contributed by atoms with Crippen LogP contribution in [0.1, 0.15) is 24.5 Å². The fourth-order valence-electron chi connectivity index (χ4n) is 3.79. The third kappa shape index (κ3) is 4.70. The Kier molecular flexibility index (Phi) is 6.61. The summed E-state index contributed by atoms with van der Waals surface area (Å²) < 4.78 is 56.8. The number of aromatic nitrogens is 6. The normalized spacial score (nSPS) is 13.1. The van der Waals surface area contributed by atoms with Gasteiger partial charge in [0.25, 0.3) is 0 Å². The number of H-pyrrole nitrogens is 2. The third-order valence-corrected chi connectivity index (χ3v) is 8.16. The Bertz CT molecular complexity index is 1660. The maximum atomic E-state index is 13.1. The number of primary sulfonamides is 1. The van der Waals surface area contributed by atoms with Gasteiger partial charge in [0.1, 0.15) is 4.90 Å². The predicted molar refractivity (Wildman–Crippen MR) is 128 cm³/mol. The average Bonchev–Trinajstić information content (AvgIpc) is 3.46. The molecule has 2 aromatic heterocycles. The number of tetrazole rings is 1. The number of esters is 1. The lowest BCUT2D eigenvalue weighted by atomic mass is 9.98. The minimum Gasteiger partial charge on any atom is -0.460 e. The molecule has 1 atom stereocenters. The molecule has 2 heterocycles. The Labute approximate surface area is 205 Å². The molecular formula is C20H22N8O6S2. The van der Waals surface area contributed by atoms with E-state index in [-0.39, 0.29) is 34.9 Å². The molecule has 0 bridgehead atoms. The molecule has 0 spiro atoms. The molecular weight excluding hydrogens is 512 g/mol. The minimum atomic E-state index is -4.65. The molecule has 16 heteroatoms. The number of benzene rings is 2. The summed E-state index contributed by atoms with van der Waals surface area (Å²) in [4.78, 5) is 18.1. The average molecular weight is 535 g/mol. The van der Waals surface area contributed by atoms with Crippen LogP contribution in [0.25, 0.3) is 33.5 Å². The van der Waals surface area contributed by atoms with Crippen molar-refractivity contribution in [1.29, 1.82) is 0 Å². The molecule has 0 amide bonds. The first-order valence-corrected chi connectivity index (χ1v) is 13.7. The van der Waals surface area contributed by atoms with Crippen molar-refractivity contribution >= 4 is 36.9 Å². The quantitative estimate of drug-likeness (QED) is 0.225. The number of sulfone groups is 1. The van der Waals surface area contributed by atoms with Gasteiger partial charge >= 0.3 is 5.97 Å². The van der Waals surface area contributed by atoms with Crippen molar-refractivity contribution in [1.82, 2.24) is 30.6 Å². The van der Waals surface area contributed by atoms with E-state index in [0.29, 0.717) is 11.1 Å². The fourth-order valence-corrected chi connectivity index (χ4v) is 6.88. The Morgan fingerprint density at radius 3 is 2.50 bits per heavy atom. The molecule has 0 aliphatic carbocycles. The Hall–Kier alpha value is -3.73. The number of rotatable bonds is 8. The van der Waals surface area contributed by atoms with Gasteiger partial charge in [0, 0.05) is 11.6 Å². The lowest BCUT2D eigenvalue weighted by Crippen LogP contribution is -2.28. The van der Waals surface area contributed by atoms with Gasteiger partial charge < -0.3 is 15.5 Å². The van der Waals surface area contributed by atoms with Crippen LogP contribution in [0.15, 0.2) is 40.1 Å². The zero-order chi connectivity index (χ0) is 26.3. The van der Waals surface area contributed by atoms with Gasteiger partial charge in [-0.2, -0.15) is 5.21 Å². The van der Waals surface area contributed by atoms with Crippen LogP contribution in [0.2, 0.25) is 0 Å². The molecule has 190 valence electrons. The number of ether oxygens (including phenoxy) is 1. The molecule has 0 unspecified atom stereocenters. The number of nitrogens with zero attached hydrogens (tertiary/aromatic N) is 4. The lowest BCUT2D eigenvalue weighted by Gasteiger charge is -2.17. The molecule has 0 fully saturated rings. The SMILES string of the molecule is CCOC(=O)c1nc2c(-c3ccc(S(=O)(=O)C[C@@H](C)N)c(S(N)(=O)=O)c3-c3nn[nH]n3)cccc2[nH]1. The van der Waals surface area contributed by atoms with Crippen LogP contribution in [-0.2, 0) is 24.6 Å². The maximum absolute atomic E-state index is 13.1. The number of imidazole rings is 1. The van der Waals surface area contributed by atoms with Crippen LogP contribution in [0.3, 0.4) is 0 Å². The molecule has 2 aromatic carbocycles. The Morgan fingerprint density at radius 1 is 1.14 bits per heavy atom. The largest absolute Gasteiger partial charge is 0.460 e. The highest BCUT2D eigenvalue weighted by Crippen LogP contribution is 2.40. The number of carbonyl (C=O) groups excluding carboxylic acids is 1.